The van der Waals surface area contributed by atoms with Gasteiger partial charge in [0.05, 0.1) is 12.7 Å². The number of hydrogen-bond donors (Lipinski definition) is 0. The van der Waals surface area contributed by atoms with Crippen molar-refractivity contribution in [3.05, 3.63) is 42.0 Å². The molecule has 2 rings (SSSR count). The third-order valence-corrected chi connectivity index (χ3v) is 4.11. The maximum Gasteiger partial charge on any atom is 0.130 e. The molecule has 1 saturated heterocycles. The zero-order chi connectivity index (χ0) is 15.8. The molecule has 2 unspecified atom stereocenters. The topological polar surface area (TPSA) is 21.7 Å². The predicted molar refractivity (Wildman–Crippen MR) is 92.0 cm³/mol. The highest BCUT2D eigenvalue weighted by Crippen LogP contribution is 2.21. The van der Waals surface area contributed by atoms with Crippen LogP contribution in [0.25, 0.3) is 6.08 Å². The van der Waals surface area contributed by atoms with Gasteiger partial charge >= 0.3 is 0 Å². The summed E-state index contributed by atoms with van der Waals surface area (Å²) in [6.45, 7) is 6.80. The van der Waals surface area contributed by atoms with Gasteiger partial charge in [-0.25, -0.2) is 0 Å². The average Bonchev–Trinajstić information content (AvgIpc) is 2.94. The molecule has 4 heteroatoms. The van der Waals surface area contributed by atoms with Gasteiger partial charge < -0.3 is 9.47 Å². The Hall–Kier alpha value is -0.943. The molecule has 0 bridgehead atoms. The molecule has 2 atom stereocenters. The van der Waals surface area contributed by atoms with Crippen LogP contribution < -0.4 is 0 Å². The van der Waals surface area contributed by atoms with Crippen molar-refractivity contribution in [3.63, 3.8) is 0 Å². The van der Waals surface area contributed by atoms with Crippen LogP contribution in [-0.2, 0) is 9.47 Å². The van der Waals surface area contributed by atoms with Crippen molar-refractivity contribution in [1.29, 1.82) is 0 Å². The molecule has 0 aliphatic carbocycles. The van der Waals surface area contributed by atoms with E-state index in [1.807, 2.05) is 6.07 Å². The van der Waals surface area contributed by atoms with E-state index in [9.17, 15) is 0 Å². The third kappa shape index (κ3) is 5.36. The van der Waals surface area contributed by atoms with Crippen molar-refractivity contribution in [2.24, 2.45) is 0 Å². The van der Waals surface area contributed by atoms with Crippen LogP contribution in [0.5, 0.6) is 0 Å². The lowest BCUT2D eigenvalue weighted by molar-refractivity contribution is -0.0150. The molecular weight excluding hydrogens is 290 g/mol. The Kier molecular flexibility index (Phi) is 7.32. The summed E-state index contributed by atoms with van der Waals surface area (Å²) in [7, 11) is 3.46. The van der Waals surface area contributed by atoms with Crippen molar-refractivity contribution in [2.75, 3.05) is 19.8 Å². The van der Waals surface area contributed by atoms with Gasteiger partial charge in [0, 0.05) is 29.4 Å². The molecule has 1 aromatic rings. The smallest absolute Gasteiger partial charge is 0.130 e. The Morgan fingerprint density at radius 2 is 2.14 bits per heavy atom. The predicted octanol–water partition coefficient (Wildman–Crippen LogP) is 3.13. The van der Waals surface area contributed by atoms with E-state index in [-0.39, 0.29) is 12.3 Å². The van der Waals surface area contributed by atoms with Crippen LogP contribution in [0.15, 0.2) is 36.4 Å². The number of hydrogen-bond acceptors (Lipinski definition) is 3. The Labute approximate surface area is 137 Å². The molecule has 0 amide bonds. The number of rotatable bonds is 8. The van der Waals surface area contributed by atoms with Crippen LogP contribution in [0.1, 0.15) is 25.8 Å². The van der Waals surface area contributed by atoms with Crippen LogP contribution in [0.3, 0.4) is 0 Å². The first-order chi connectivity index (χ1) is 10.7. The number of ether oxygens (including phenoxy) is 2. The molecule has 1 heterocycles. The Morgan fingerprint density at radius 1 is 1.36 bits per heavy atom. The van der Waals surface area contributed by atoms with Gasteiger partial charge in [-0.05, 0) is 31.9 Å². The van der Waals surface area contributed by atoms with E-state index in [1.165, 1.54) is 5.56 Å². The zero-order valence-electron chi connectivity index (χ0n) is 13.6. The van der Waals surface area contributed by atoms with Gasteiger partial charge in [0.25, 0.3) is 0 Å². The first-order valence-corrected chi connectivity index (χ1v) is 8.78. The van der Waals surface area contributed by atoms with Crippen LogP contribution in [0.4, 0.5) is 0 Å². The van der Waals surface area contributed by atoms with Gasteiger partial charge in [-0.15, -0.1) is 0 Å². The Morgan fingerprint density at radius 3 is 2.82 bits per heavy atom. The molecule has 0 aromatic heterocycles. The van der Waals surface area contributed by atoms with E-state index in [1.54, 1.807) is 0 Å². The highest BCUT2D eigenvalue weighted by Gasteiger charge is 2.32. The molecule has 3 nitrogen and oxygen atoms in total. The van der Waals surface area contributed by atoms with E-state index in [0.717, 1.165) is 25.6 Å². The van der Waals surface area contributed by atoms with Gasteiger partial charge in [-0.2, -0.15) is 0 Å². The number of nitrogens with zero attached hydrogens (tertiary/aromatic N) is 1. The van der Waals surface area contributed by atoms with Gasteiger partial charge in [0.15, 0.2) is 0 Å². The second kappa shape index (κ2) is 9.25. The van der Waals surface area contributed by atoms with Gasteiger partial charge in [0.2, 0.25) is 0 Å². The first-order valence-electron chi connectivity index (χ1n) is 8.07. The van der Waals surface area contributed by atoms with Crippen molar-refractivity contribution in [2.45, 2.75) is 44.7 Å². The lowest BCUT2D eigenvalue weighted by Crippen LogP contribution is -2.35. The summed E-state index contributed by atoms with van der Waals surface area (Å²) < 4.78 is 11.8. The van der Waals surface area contributed by atoms with E-state index in [4.69, 9.17) is 9.47 Å². The lowest BCUT2D eigenvalue weighted by atomic mass is 10.2. The molecule has 3 radical (unpaired) electrons. The molecule has 1 aliphatic heterocycles. The summed E-state index contributed by atoms with van der Waals surface area (Å²) >= 11 is 0. The van der Waals surface area contributed by atoms with Gasteiger partial charge in [-0.3, -0.25) is 4.90 Å². The first kappa shape index (κ1) is 17.4. The summed E-state index contributed by atoms with van der Waals surface area (Å²) in [4.78, 5) is 2.37. The summed E-state index contributed by atoms with van der Waals surface area (Å²) in [6.07, 6.45) is 5.50. The maximum atomic E-state index is 6.14. The van der Waals surface area contributed by atoms with Crippen LogP contribution in [0, 0.1) is 0 Å². The summed E-state index contributed by atoms with van der Waals surface area (Å²) in [5, 5.41) is 0. The third-order valence-electron chi connectivity index (χ3n) is 3.76. The molecule has 1 aromatic carbocycles. The van der Waals surface area contributed by atoms with Crippen LogP contribution in [0.2, 0.25) is 6.04 Å². The summed E-state index contributed by atoms with van der Waals surface area (Å²) in [5.74, 6) is 0. The van der Waals surface area contributed by atoms with Gasteiger partial charge in [-0.1, -0.05) is 42.5 Å². The Bertz CT molecular complexity index is 450. The molecule has 1 aliphatic rings. The van der Waals surface area contributed by atoms with E-state index < -0.39 is 0 Å². The molecular formula is C18H26NO2Si. The lowest BCUT2D eigenvalue weighted by Gasteiger charge is -2.24. The SMILES string of the molecule is CC(C)N1CC(COCCC[Si])OC1/C=C/c1ccccc1. The minimum atomic E-state index is 0.0320. The molecule has 119 valence electrons. The summed E-state index contributed by atoms with van der Waals surface area (Å²) in [5.41, 5.74) is 1.20. The quantitative estimate of drug-likeness (QED) is 0.543. The molecule has 0 spiro atoms. The van der Waals surface area contributed by atoms with Crippen molar-refractivity contribution < 1.29 is 9.47 Å². The minimum Gasteiger partial charge on any atom is -0.379 e. The molecule has 22 heavy (non-hydrogen) atoms. The normalized spacial score (nSPS) is 22.9. The Balaban J connectivity index is 1.89. The zero-order valence-corrected chi connectivity index (χ0v) is 14.6. The number of benzene rings is 1. The second-order valence-corrected chi connectivity index (χ2v) is 6.39. The molecule has 0 N–H and O–H groups in total. The molecule has 0 saturated carbocycles. The largest absolute Gasteiger partial charge is 0.379 e. The van der Waals surface area contributed by atoms with Crippen molar-refractivity contribution >= 4 is 16.3 Å². The maximum absolute atomic E-state index is 6.14. The molecule has 1 fully saturated rings. The second-order valence-electron chi connectivity index (χ2n) is 5.89. The van der Waals surface area contributed by atoms with E-state index >= 15 is 0 Å². The van der Waals surface area contributed by atoms with Crippen molar-refractivity contribution in [3.8, 4) is 0 Å². The van der Waals surface area contributed by atoms with Crippen LogP contribution in [-0.4, -0.2) is 53.3 Å². The van der Waals surface area contributed by atoms with Crippen LogP contribution >= 0.6 is 0 Å². The fourth-order valence-corrected chi connectivity index (χ4v) is 2.70. The minimum absolute atomic E-state index is 0.0320. The average molecular weight is 316 g/mol. The highest BCUT2D eigenvalue weighted by atomic mass is 28.1. The van der Waals surface area contributed by atoms with E-state index in [2.05, 4.69) is 65.4 Å². The standard InChI is InChI=1S/C18H26NO2Si/c1-15(2)19-13-17(14-20-11-6-12-22)21-18(19)10-9-16-7-4-3-5-8-16/h3-5,7-10,15,17-18H,6,11-14H2,1-2H3/b10-9+. The highest BCUT2D eigenvalue weighted by molar-refractivity contribution is 6.08. The monoisotopic (exact) mass is 316 g/mol. The van der Waals surface area contributed by atoms with E-state index in [0.29, 0.717) is 12.6 Å². The van der Waals surface area contributed by atoms with Gasteiger partial charge in [0.1, 0.15) is 6.23 Å². The van der Waals surface area contributed by atoms with Crippen molar-refractivity contribution in [1.82, 2.24) is 4.90 Å². The summed E-state index contributed by atoms with van der Waals surface area (Å²) in [6, 6.07) is 11.8. The fourth-order valence-electron chi connectivity index (χ4n) is 2.56. The fraction of sp³-hybridized carbons (Fsp3) is 0.556.